The van der Waals surface area contributed by atoms with Crippen molar-refractivity contribution in [3.63, 3.8) is 0 Å². The first-order valence-electron chi connectivity index (χ1n) is 5.99. The van der Waals surface area contributed by atoms with Crippen LogP contribution in [0, 0.1) is 5.41 Å². The molecule has 0 aliphatic heterocycles. The molecule has 0 unspecified atom stereocenters. The van der Waals surface area contributed by atoms with Crippen molar-refractivity contribution in [3.8, 4) is 5.75 Å². The van der Waals surface area contributed by atoms with E-state index in [2.05, 4.69) is 19.9 Å². The minimum atomic E-state index is 0.104. The number of hydrogen-bond donors (Lipinski definition) is 2. The average Bonchev–Trinajstić information content (AvgIpc) is 2.22. The van der Waals surface area contributed by atoms with E-state index in [4.69, 9.17) is 5.73 Å². The number of nitrogens with two attached hydrogens (primary N) is 1. The lowest BCUT2D eigenvalue weighted by atomic mass is 9.85. The second-order valence-corrected chi connectivity index (χ2v) is 5.75. The largest absolute Gasteiger partial charge is 0.508 e. The van der Waals surface area contributed by atoms with Crippen molar-refractivity contribution in [2.45, 2.75) is 26.8 Å². The summed E-state index contributed by atoms with van der Waals surface area (Å²) in [5, 5.41) is 9.79. The molecular formula is C14H24N2O. The fraction of sp³-hybridized carbons (Fsp3) is 0.571. The van der Waals surface area contributed by atoms with Crippen molar-refractivity contribution in [2.24, 2.45) is 11.1 Å². The van der Waals surface area contributed by atoms with E-state index in [-0.39, 0.29) is 5.41 Å². The van der Waals surface area contributed by atoms with E-state index in [0.29, 0.717) is 12.3 Å². The van der Waals surface area contributed by atoms with Crippen molar-refractivity contribution in [1.29, 1.82) is 0 Å². The van der Waals surface area contributed by atoms with Gasteiger partial charge in [-0.25, -0.2) is 0 Å². The van der Waals surface area contributed by atoms with Crippen LogP contribution in [-0.4, -0.2) is 30.6 Å². The molecule has 0 saturated heterocycles. The van der Waals surface area contributed by atoms with Gasteiger partial charge in [0.25, 0.3) is 0 Å². The van der Waals surface area contributed by atoms with Gasteiger partial charge in [-0.3, -0.25) is 0 Å². The fourth-order valence-electron chi connectivity index (χ4n) is 1.84. The number of hydrogen-bond acceptors (Lipinski definition) is 3. The van der Waals surface area contributed by atoms with Crippen LogP contribution in [0.5, 0.6) is 5.75 Å². The van der Waals surface area contributed by atoms with Crippen LogP contribution in [0.25, 0.3) is 0 Å². The molecule has 0 bridgehead atoms. The third kappa shape index (κ3) is 4.36. The van der Waals surface area contributed by atoms with E-state index in [1.165, 1.54) is 5.56 Å². The Hall–Kier alpha value is -1.06. The standard InChI is InChI=1S/C14H24N2O/c1-14(2,10-15)8-11-5-6-13(17)12(7-11)9-16(3)4/h5-7,17H,8-10,15H2,1-4H3. The molecule has 0 aliphatic rings. The first-order valence-corrected chi connectivity index (χ1v) is 5.99. The first kappa shape index (κ1) is 14.0. The molecule has 1 aromatic rings. The molecule has 3 nitrogen and oxygen atoms in total. The summed E-state index contributed by atoms with van der Waals surface area (Å²) in [4.78, 5) is 2.05. The minimum absolute atomic E-state index is 0.104. The highest BCUT2D eigenvalue weighted by molar-refractivity contribution is 5.36. The van der Waals surface area contributed by atoms with Crippen molar-refractivity contribution in [1.82, 2.24) is 4.90 Å². The van der Waals surface area contributed by atoms with Crippen molar-refractivity contribution in [3.05, 3.63) is 29.3 Å². The highest BCUT2D eigenvalue weighted by Crippen LogP contribution is 2.25. The molecule has 0 fully saturated rings. The smallest absolute Gasteiger partial charge is 0.120 e. The van der Waals surface area contributed by atoms with Gasteiger partial charge >= 0.3 is 0 Å². The predicted octanol–water partition coefficient (Wildman–Crippen LogP) is 1.98. The first-order chi connectivity index (χ1) is 7.84. The van der Waals surface area contributed by atoms with Gasteiger partial charge in [0.2, 0.25) is 0 Å². The number of benzene rings is 1. The van der Waals surface area contributed by atoms with Gasteiger partial charge in [0.05, 0.1) is 0 Å². The van der Waals surface area contributed by atoms with Gasteiger partial charge in [0, 0.05) is 12.1 Å². The molecule has 0 saturated carbocycles. The monoisotopic (exact) mass is 236 g/mol. The SMILES string of the molecule is CN(C)Cc1cc(CC(C)(C)CN)ccc1O. The molecule has 0 amide bonds. The Morgan fingerprint density at radius 2 is 1.94 bits per heavy atom. The lowest BCUT2D eigenvalue weighted by Gasteiger charge is -2.23. The van der Waals surface area contributed by atoms with E-state index >= 15 is 0 Å². The highest BCUT2D eigenvalue weighted by Gasteiger charge is 2.17. The quantitative estimate of drug-likeness (QED) is 0.822. The van der Waals surface area contributed by atoms with Gasteiger partial charge in [-0.05, 0) is 44.1 Å². The molecule has 3 heteroatoms. The molecule has 17 heavy (non-hydrogen) atoms. The molecular weight excluding hydrogens is 212 g/mol. The van der Waals surface area contributed by atoms with E-state index < -0.39 is 0 Å². The normalized spacial score (nSPS) is 12.1. The zero-order valence-corrected chi connectivity index (χ0v) is 11.3. The minimum Gasteiger partial charge on any atom is -0.508 e. The summed E-state index contributed by atoms with van der Waals surface area (Å²) in [7, 11) is 3.99. The van der Waals surface area contributed by atoms with E-state index in [9.17, 15) is 5.11 Å². The van der Waals surface area contributed by atoms with Gasteiger partial charge < -0.3 is 15.7 Å². The zero-order valence-electron chi connectivity index (χ0n) is 11.3. The number of rotatable bonds is 5. The van der Waals surface area contributed by atoms with Gasteiger partial charge in [-0.1, -0.05) is 26.0 Å². The van der Waals surface area contributed by atoms with Gasteiger partial charge in [-0.15, -0.1) is 0 Å². The molecule has 96 valence electrons. The van der Waals surface area contributed by atoms with Crippen LogP contribution in [0.15, 0.2) is 18.2 Å². The van der Waals surface area contributed by atoms with E-state index in [1.807, 2.05) is 25.1 Å². The molecule has 0 radical (unpaired) electrons. The second-order valence-electron chi connectivity index (χ2n) is 5.75. The molecule has 1 rings (SSSR count). The summed E-state index contributed by atoms with van der Waals surface area (Å²) in [6, 6.07) is 5.83. The summed E-state index contributed by atoms with van der Waals surface area (Å²) in [6.45, 7) is 5.73. The lowest BCUT2D eigenvalue weighted by molar-refractivity contribution is 0.372. The summed E-state index contributed by atoms with van der Waals surface area (Å²) in [5.74, 6) is 0.369. The van der Waals surface area contributed by atoms with Crippen LogP contribution in [0.1, 0.15) is 25.0 Å². The maximum Gasteiger partial charge on any atom is 0.120 e. The Labute approximate surface area is 104 Å². The lowest BCUT2D eigenvalue weighted by Crippen LogP contribution is -2.26. The topological polar surface area (TPSA) is 49.5 Å². The van der Waals surface area contributed by atoms with E-state index in [1.54, 1.807) is 6.07 Å². The molecule has 0 aromatic heterocycles. The summed E-state index contributed by atoms with van der Waals surface area (Å²) in [5.41, 5.74) is 8.05. The van der Waals surface area contributed by atoms with Gasteiger partial charge in [0.15, 0.2) is 0 Å². The van der Waals surface area contributed by atoms with Crippen molar-refractivity contribution in [2.75, 3.05) is 20.6 Å². The van der Waals surface area contributed by atoms with Gasteiger partial charge in [0.1, 0.15) is 5.75 Å². The Kier molecular flexibility index (Phi) is 4.54. The molecule has 1 aromatic carbocycles. The summed E-state index contributed by atoms with van der Waals surface area (Å²) in [6.07, 6.45) is 0.935. The Morgan fingerprint density at radius 1 is 1.29 bits per heavy atom. The number of phenolic OH excluding ortho intramolecular Hbond substituents is 1. The summed E-state index contributed by atoms with van der Waals surface area (Å²) >= 11 is 0. The molecule has 0 spiro atoms. The highest BCUT2D eigenvalue weighted by atomic mass is 16.3. The third-order valence-corrected chi connectivity index (χ3v) is 2.87. The van der Waals surface area contributed by atoms with Crippen molar-refractivity contribution < 1.29 is 5.11 Å². The van der Waals surface area contributed by atoms with Gasteiger partial charge in [-0.2, -0.15) is 0 Å². The van der Waals surface area contributed by atoms with Crippen LogP contribution in [0.4, 0.5) is 0 Å². The van der Waals surface area contributed by atoms with Crippen molar-refractivity contribution >= 4 is 0 Å². The zero-order chi connectivity index (χ0) is 13.1. The Bertz CT molecular complexity index is 372. The van der Waals surface area contributed by atoms with Crippen LogP contribution in [-0.2, 0) is 13.0 Å². The molecule has 0 aliphatic carbocycles. The van der Waals surface area contributed by atoms with Crippen LogP contribution in [0.2, 0.25) is 0 Å². The van der Waals surface area contributed by atoms with Crippen LogP contribution >= 0.6 is 0 Å². The fourth-order valence-corrected chi connectivity index (χ4v) is 1.84. The number of aromatic hydroxyl groups is 1. The maximum atomic E-state index is 9.79. The molecule has 3 N–H and O–H groups in total. The number of nitrogens with zero attached hydrogens (tertiary/aromatic N) is 1. The van der Waals surface area contributed by atoms with Crippen LogP contribution < -0.4 is 5.73 Å². The number of phenols is 1. The second kappa shape index (κ2) is 5.52. The Balaban J connectivity index is 2.88. The maximum absolute atomic E-state index is 9.79. The predicted molar refractivity (Wildman–Crippen MR) is 72.0 cm³/mol. The van der Waals surface area contributed by atoms with Crippen LogP contribution in [0.3, 0.4) is 0 Å². The third-order valence-electron chi connectivity index (χ3n) is 2.87. The average molecular weight is 236 g/mol. The van der Waals surface area contributed by atoms with E-state index in [0.717, 1.165) is 18.5 Å². The molecule has 0 heterocycles. The Morgan fingerprint density at radius 3 is 2.47 bits per heavy atom. The summed E-state index contributed by atoms with van der Waals surface area (Å²) < 4.78 is 0. The molecule has 0 atom stereocenters.